The number of ether oxygens (including phenoxy) is 1. The van der Waals surface area contributed by atoms with Gasteiger partial charge < -0.3 is 10.1 Å². The quantitative estimate of drug-likeness (QED) is 0.558. The van der Waals surface area contributed by atoms with E-state index in [-0.39, 0.29) is 11.3 Å². The minimum atomic E-state index is -0.0556. The minimum absolute atomic E-state index is 0.0556. The van der Waals surface area contributed by atoms with Crippen molar-refractivity contribution in [1.29, 1.82) is 0 Å². The van der Waals surface area contributed by atoms with Crippen molar-refractivity contribution in [2.75, 3.05) is 25.5 Å². The van der Waals surface area contributed by atoms with Gasteiger partial charge in [-0.2, -0.15) is 0 Å². The van der Waals surface area contributed by atoms with Crippen LogP contribution in [0.3, 0.4) is 0 Å². The lowest BCUT2D eigenvalue weighted by molar-refractivity contribution is -0.119. The Kier molecular flexibility index (Phi) is 7.20. The van der Waals surface area contributed by atoms with Crippen LogP contribution >= 0.6 is 43.6 Å². The Bertz CT molecular complexity index is 746. The summed E-state index contributed by atoms with van der Waals surface area (Å²) in [6, 6.07) is 16.4. The van der Waals surface area contributed by atoms with Crippen molar-refractivity contribution >= 4 is 49.5 Å². The first-order chi connectivity index (χ1) is 12.6. The minimum Gasteiger partial charge on any atom is -0.381 e. The highest BCUT2D eigenvalue weighted by Gasteiger charge is 2.34. The Balaban J connectivity index is 1.60. The van der Waals surface area contributed by atoms with Gasteiger partial charge in [0, 0.05) is 39.0 Å². The summed E-state index contributed by atoms with van der Waals surface area (Å²) in [6.07, 6.45) is 1.84. The molecule has 1 heterocycles. The second-order valence-electron chi connectivity index (χ2n) is 6.42. The van der Waals surface area contributed by atoms with E-state index in [0.29, 0.717) is 12.3 Å². The van der Waals surface area contributed by atoms with Gasteiger partial charge in [0.05, 0.1) is 5.75 Å². The lowest BCUT2D eigenvalue weighted by Crippen LogP contribution is -2.45. The third-order valence-corrected chi connectivity index (χ3v) is 6.73. The molecule has 1 aliphatic rings. The number of hydrogen-bond donors (Lipinski definition) is 1. The van der Waals surface area contributed by atoms with Gasteiger partial charge in [-0.05, 0) is 54.8 Å². The summed E-state index contributed by atoms with van der Waals surface area (Å²) < 4.78 is 7.68. The molecule has 2 aromatic rings. The third-order valence-electron chi connectivity index (χ3n) is 4.69. The first-order valence-corrected chi connectivity index (χ1v) is 11.1. The fourth-order valence-electron chi connectivity index (χ4n) is 3.15. The Labute approximate surface area is 175 Å². The van der Waals surface area contributed by atoms with E-state index < -0.39 is 0 Å². The van der Waals surface area contributed by atoms with Crippen molar-refractivity contribution in [2.45, 2.75) is 23.2 Å². The maximum Gasteiger partial charge on any atom is 0.230 e. The number of halogens is 2. The number of carbonyl (C=O) groups is 1. The molecule has 0 atom stereocenters. The van der Waals surface area contributed by atoms with E-state index in [1.807, 2.05) is 30.3 Å². The van der Waals surface area contributed by atoms with Gasteiger partial charge >= 0.3 is 0 Å². The molecule has 0 unspecified atom stereocenters. The molecule has 0 bridgehead atoms. The molecule has 1 N–H and O–H groups in total. The van der Waals surface area contributed by atoms with Gasteiger partial charge in [0.1, 0.15) is 0 Å². The summed E-state index contributed by atoms with van der Waals surface area (Å²) in [7, 11) is 0. The summed E-state index contributed by atoms with van der Waals surface area (Å²) in [5.74, 6) is 0.492. The Morgan fingerprint density at radius 3 is 2.50 bits per heavy atom. The van der Waals surface area contributed by atoms with E-state index in [1.54, 1.807) is 11.8 Å². The van der Waals surface area contributed by atoms with Crippen LogP contribution in [0.15, 0.2) is 62.4 Å². The highest BCUT2D eigenvalue weighted by molar-refractivity contribution is 9.10. The van der Waals surface area contributed by atoms with Crippen LogP contribution in [0.25, 0.3) is 0 Å². The summed E-state index contributed by atoms with van der Waals surface area (Å²) >= 11 is 8.54. The molecule has 1 aliphatic heterocycles. The van der Waals surface area contributed by atoms with Crippen molar-refractivity contribution < 1.29 is 9.53 Å². The second-order valence-corrected chi connectivity index (χ2v) is 9.30. The fourth-order valence-corrected chi connectivity index (χ4v) is 4.54. The predicted molar refractivity (Wildman–Crippen MR) is 114 cm³/mol. The standard InChI is InChI=1S/C20H21Br2NO2S/c21-16-4-6-18(7-5-16)26-13-19(24)23-14-20(8-10-25-11-9-20)15-2-1-3-17(22)12-15/h1-7,12H,8-11,13-14H2,(H,23,24). The van der Waals surface area contributed by atoms with Crippen LogP contribution in [0.5, 0.6) is 0 Å². The number of nitrogens with one attached hydrogen (secondary N) is 1. The molecule has 0 saturated carbocycles. The van der Waals surface area contributed by atoms with Crippen molar-refractivity contribution in [3.63, 3.8) is 0 Å². The van der Waals surface area contributed by atoms with Gasteiger partial charge in [0.25, 0.3) is 0 Å². The number of thioether (sulfide) groups is 1. The molecule has 1 fully saturated rings. The van der Waals surface area contributed by atoms with Crippen LogP contribution in [0, 0.1) is 0 Å². The van der Waals surface area contributed by atoms with Crippen molar-refractivity contribution in [3.05, 3.63) is 63.0 Å². The van der Waals surface area contributed by atoms with Crippen molar-refractivity contribution in [1.82, 2.24) is 5.32 Å². The van der Waals surface area contributed by atoms with E-state index in [2.05, 4.69) is 55.4 Å². The summed E-state index contributed by atoms with van der Waals surface area (Å²) in [6.45, 7) is 2.11. The first kappa shape index (κ1) is 19.9. The maximum atomic E-state index is 12.4. The maximum absolute atomic E-state index is 12.4. The molecule has 0 radical (unpaired) electrons. The zero-order chi connectivity index (χ0) is 18.4. The molecule has 26 heavy (non-hydrogen) atoms. The van der Waals surface area contributed by atoms with Crippen molar-refractivity contribution in [3.8, 4) is 0 Å². The van der Waals surface area contributed by atoms with Crippen LogP contribution in [0.2, 0.25) is 0 Å². The third kappa shape index (κ3) is 5.35. The average molecular weight is 499 g/mol. The molecule has 6 heteroatoms. The van der Waals surface area contributed by atoms with E-state index in [0.717, 1.165) is 39.9 Å². The fraction of sp³-hybridized carbons (Fsp3) is 0.350. The number of amides is 1. The monoisotopic (exact) mass is 497 g/mol. The van der Waals surface area contributed by atoms with Gasteiger partial charge in [-0.1, -0.05) is 44.0 Å². The normalized spacial score (nSPS) is 16.2. The largest absolute Gasteiger partial charge is 0.381 e. The molecular formula is C20H21Br2NO2S. The molecule has 0 aromatic heterocycles. The highest BCUT2D eigenvalue weighted by Crippen LogP contribution is 2.35. The van der Waals surface area contributed by atoms with E-state index in [4.69, 9.17) is 4.74 Å². The summed E-state index contributed by atoms with van der Waals surface area (Å²) in [5, 5.41) is 3.15. The zero-order valence-electron chi connectivity index (χ0n) is 14.3. The molecular weight excluding hydrogens is 478 g/mol. The Hall–Kier alpha value is -0.820. The lowest BCUT2D eigenvalue weighted by atomic mass is 9.74. The van der Waals surface area contributed by atoms with E-state index in [1.165, 1.54) is 5.56 Å². The lowest BCUT2D eigenvalue weighted by Gasteiger charge is -2.38. The molecule has 3 nitrogen and oxygen atoms in total. The van der Waals surface area contributed by atoms with Crippen LogP contribution in [0.1, 0.15) is 18.4 Å². The Morgan fingerprint density at radius 2 is 1.81 bits per heavy atom. The zero-order valence-corrected chi connectivity index (χ0v) is 18.3. The smallest absolute Gasteiger partial charge is 0.230 e. The van der Waals surface area contributed by atoms with Gasteiger partial charge in [-0.3, -0.25) is 4.79 Å². The molecule has 138 valence electrons. The van der Waals surface area contributed by atoms with Crippen LogP contribution < -0.4 is 5.32 Å². The number of benzene rings is 2. The molecule has 3 rings (SSSR count). The number of carbonyl (C=O) groups excluding carboxylic acids is 1. The molecule has 0 spiro atoms. The Morgan fingerprint density at radius 1 is 1.08 bits per heavy atom. The van der Waals surface area contributed by atoms with Gasteiger partial charge in [-0.15, -0.1) is 11.8 Å². The number of hydrogen-bond acceptors (Lipinski definition) is 3. The van der Waals surface area contributed by atoms with Gasteiger partial charge in [0.2, 0.25) is 5.91 Å². The predicted octanol–water partition coefficient (Wildman–Crippen LogP) is 5.17. The summed E-state index contributed by atoms with van der Waals surface area (Å²) in [5.41, 5.74) is 1.20. The molecule has 1 saturated heterocycles. The summed E-state index contributed by atoms with van der Waals surface area (Å²) in [4.78, 5) is 13.5. The van der Waals surface area contributed by atoms with Crippen LogP contribution in [-0.4, -0.2) is 31.4 Å². The highest BCUT2D eigenvalue weighted by atomic mass is 79.9. The van der Waals surface area contributed by atoms with Gasteiger partial charge in [-0.25, -0.2) is 0 Å². The molecule has 2 aromatic carbocycles. The SMILES string of the molecule is O=C(CSc1ccc(Br)cc1)NCC1(c2cccc(Br)c2)CCOCC1. The van der Waals surface area contributed by atoms with E-state index in [9.17, 15) is 4.79 Å². The average Bonchev–Trinajstić information content (AvgIpc) is 2.67. The van der Waals surface area contributed by atoms with Crippen LogP contribution in [-0.2, 0) is 14.9 Å². The van der Waals surface area contributed by atoms with Gasteiger partial charge in [0.15, 0.2) is 0 Å². The van der Waals surface area contributed by atoms with Crippen molar-refractivity contribution in [2.24, 2.45) is 0 Å². The molecule has 0 aliphatic carbocycles. The second kappa shape index (κ2) is 9.40. The first-order valence-electron chi connectivity index (χ1n) is 8.56. The van der Waals surface area contributed by atoms with Crippen LogP contribution in [0.4, 0.5) is 0 Å². The molecule has 1 amide bonds. The number of rotatable bonds is 6. The van der Waals surface area contributed by atoms with E-state index >= 15 is 0 Å². The topological polar surface area (TPSA) is 38.3 Å².